The molecule has 0 fully saturated rings. The van der Waals surface area contributed by atoms with Gasteiger partial charge in [-0.2, -0.15) is 0 Å². The van der Waals surface area contributed by atoms with Crippen molar-refractivity contribution in [1.29, 1.82) is 0 Å². The van der Waals surface area contributed by atoms with Gasteiger partial charge in [0, 0.05) is 6.61 Å². The minimum absolute atomic E-state index is 0. The minimum atomic E-state index is 0. The van der Waals surface area contributed by atoms with Gasteiger partial charge in [-0.1, -0.05) is 33.1 Å². The minimum Gasteiger partial charge on any atom is -1.00 e. The van der Waals surface area contributed by atoms with E-state index in [4.69, 9.17) is 5.11 Å². The van der Waals surface area contributed by atoms with Crippen LogP contribution in [0.25, 0.3) is 0 Å². The molecule has 1 N–H and O–H groups in total. The van der Waals surface area contributed by atoms with Crippen LogP contribution >= 0.6 is 0 Å². The topological polar surface area (TPSA) is 20.2 Å². The molecule has 0 spiro atoms. The fourth-order valence-corrected chi connectivity index (χ4v) is 0.841. The summed E-state index contributed by atoms with van der Waals surface area (Å²) in [7, 11) is 0. The SMILES string of the molecule is CC(C)CCCCCO.[H-].[K+]. The molecule has 0 bridgehead atoms. The molecule has 2 heteroatoms. The van der Waals surface area contributed by atoms with Gasteiger partial charge in [0.05, 0.1) is 0 Å². The molecule has 0 aliphatic rings. The average Bonchev–Trinajstić information content (AvgIpc) is 1.80. The van der Waals surface area contributed by atoms with Crippen LogP contribution in [-0.2, 0) is 0 Å². The zero-order valence-corrected chi connectivity index (χ0v) is 10.7. The molecule has 0 aromatic heterocycles. The van der Waals surface area contributed by atoms with Crippen molar-refractivity contribution in [2.24, 2.45) is 5.92 Å². The van der Waals surface area contributed by atoms with Gasteiger partial charge in [-0.15, -0.1) is 0 Å². The first kappa shape index (κ1) is 14.1. The van der Waals surface area contributed by atoms with E-state index in [0.29, 0.717) is 6.61 Å². The molecule has 58 valence electrons. The smallest absolute Gasteiger partial charge is 1.00 e. The molecular formula is C8H19KO. The third kappa shape index (κ3) is 12.3. The van der Waals surface area contributed by atoms with Gasteiger partial charge in [0.1, 0.15) is 0 Å². The van der Waals surface area contributed by atoms with Crippen molar-refractivity contribution in [1.82, 2.24) is 0 Å². The second-order valence-electron chi connectivity index (χ2n) is 2.97. The zero-order valence-electron chi connectivity index (χ0n) is 8.56. The second-order valence-corrected chi connectivity index (χ2v) is 2.97. The van der Waals surface area contributed by atoms with Gasteiger partial charge in [0.15, 0.2) is 0 Å². The molecule has 10 heavy (non-hydrogen) atoms. The number of aliphatic hydroxyl groups is 1. The molecule has 0 aliphatic carbocycles. The summed E-state index contributed by atoms with van der Waals surface area (Å²) in [4.78, 5) is 0. The Hall–Kier alpha value is 1.60. The number of rotatable bonds is 5. The molecule has 0 rings (SSSR count). The number of aliphatic hydroxyl groups excluding tert-OH is 1. The maximum absolute atomic E-state index is 8.43. The van der Waals surface area contributed by atoms with Crippen molar-refractivity contribution in [2.75, 3.05) is 6.61 Å². The van der Waals surface area contributed by atoms with Crippen molar-refractivity contribution in [3.05, 3.63) is 0 Å². The Labute approximate surface area is 108 Å². The van der Waals surface area contributed by atoms with Crippen LogP contribution in [0.5, 0.6) is 0 Å². The van der Waals surface area contributed by atoms with Gasteiger partial charge in [-0.25, -0.2) is 0 Å². The summed E-state index contributed by atoms with van der Waals surface area (Å²) in [6.07, 6.45) is 4.75. The maximum atomic E-state index is 8.43. The van der Waals surface area contributed by atoms with Gasteiger partial charge >= 0.3 is 51.4 Å². The van der Waals surface area contributed by atoms with Crippen LogP contribution in [0.4, 0.5) is 0 Å². The van der Waals surface area contributed by atoms with Crippen LogP contribution in [0.1, 0.15) is 41.0 Å². The summed E-state index contributed by atoms with van der Waals surface area (Å²) in [6, 6.07) is 0. The summed E-state index contributed by atoms with van der Waals surface area (Å²) in [6.45, 7) is 4.83. The Bertz CT molecular complexity index is 60.1. The predicted octanol–water partition coefficient (Wildman–Crippen LogP) is -0.688. The standard InChI is InChI=1S/C8H18O.K.H/c1-8(2)6-4-3-5-7-9;;/h8-9H,3-7H2,1-2H3;;/q;+1;-1. The number of hydrogen-bond donors (Lipinski definition) is 1. The average molecular weight is 170 g/mol. The van der Waals surface area contributed by atoms with Crippen molar-refractivity contribution in [3.63, 3.8) is 0 Å². The first-order valence-corrected chi connectivity index (χ1v) is 3.88. The molecule has 0 amide bonds. The quantitative estimate of drug-likeness (QED) is 0.428. The fourth-order valence-electron chi connectivity index (χ4n) is 0.841. The Morgan fingerprint density at radius 3 is 2.20 bits per heavy atom. The molecule has 0 heterocycles. The third-order valence-corrected chi connectivity index (χ3v) is 1.44. The van der Waals surface area contributed by atoms with Crippen molar-refractivity contribution in [3.8, 4) is 0 Å². The van der Waals surface area contributed by atoms with E-state index in [9.17, 15) is 0 Å². The molecule has 0 saturated carbocycles. The van der Waals surface area contributed by atoms with Gasteiger partial charge in [-0.05, 0) is 12.3 Å². The van der Waals surface area contributed by atoms with E-state index in [1.165, 1.54) is 19.3 Å². The van der Waals surface area contributed by atoms with E-state index in [0.717, 1.165) is 12.3 Å². The van der Waals surface area contributed by atoms with Gasteiger partial charge in [-0.3, -0.25) is 0 Å². The first-order valence-electron chi connectivity index (χ1n) is 3.88. The Balaban J connectivity index is -0.000000320. The zero-order chi connectivity index (χ0) is 7.11. The predicted molar refractivity (Wildman–Crippen MR) is 41.5 cm³/mol. The number of hydrogen-bond acceptors (Lipinski definition) is 1. The Kier molecular flexibility index (Phi) is 15.0. The largest absolute Gasteiger partial charge is 1.00 e. The molecule has 0 aliphatic heterocycles. The fraction of sp³-hybridized carbons (Fsp3) is 1.00. The molecular weight excluding hydrogens is 151 g/mol. The van der Waals surface area contributed by atoms with E-state index >= 15 is 0 Å². The van der Waals surface area contributed by atoms with Crippen LogP contribution < -0.4 is 51.4 Å². The summed E-state index contributed by atoms with van der Waals surface area (Å²) in [5, 5.41) is 8.43. The van der Waals surface area contributed by atoms with Gasteiger partial charge < -0.3 is 6.53 Å². The molecule has 1 nitrogen and oxygen atoms in total. The van der Waals surface area contributed by atoms with Crippen LogP contribution in [0.2, 0.25) is 0 Å². The molecule has 0 radical (unpaired) electrons. The first-order chi connectivity index (χ1) is 4.27. The Morgan fingerprint density at radius 2 is 1.80 bits per heavy atom. The molecule has 0 aromatic rings. The van der Waals surface area contributed by atoms with E-state index < -0.39 is 0 Å². The molecule has 0 saturated heterocycles. The van der Waals surface area contributed by atoms with E-state index in [1.807, 2.05) is 0 Å². The monoisotopic (exact) mass is 170 g/mol. The van der Waals surface area contributed by atoms with Crippen LogP contribution in [0.3, 0.4) is 0 Å². The summed E-state index contributed by atoms with van der Waals surface area (Å²) in [5.41, 5.74) is 0. The summed E-state index contributed by atoms with van der Waals surface area (Å²) < 4.78 is 0. The summed E-state index contributed by atoms with van der Waals surface area (Å²) >= 11 is 0. The third-order valence-electron chi connectivity index (χ3n) is 1.44. The van der Waals surface area contributed by atoms with Crippen LogP contribution in [0, 0.1) is 5.92 Å². The Morgan fingerprint density at radius 1 is 1.20 bits per heavy atom. The van der Waals surface area contributed by atoms with Crippen molar-refractivity contribution >= 4 is 0 Å². The normalized spacial score (nSPS) is 9.60. The van der Waals surface area contributed by atoms with Crippen LogP contribution in [-0.4, -0.2) is 11.7 Å². The summed E-state index contributed by atoms with van der Waals surface area (Å²) in [5.74, 6) is 0.823. The second kappa shape index (κ2) is 10.6. The van der Waals surface area contributed by atoms with E-state index in [2.05, 4.69) is 13.8 Å². The number of unbranched alkanes of at least 4 members (excludes halogenated alkanes) is 2. The van der Waals surface area contributed by atoms with E-state index in [1.54, 1.807) is 0 Å². The maximum Gasteiger partial charge on any atom is 1.00 e. The van der Waals surface area contributed by atoms with Crippen molar-refractivity contribution < 1.29 is 57.9 Å². The van der Waals surface area contributed by atoms with Crippen LogP contribution in [0.15, 0.2) is 0 Å². The van der Waals surface area contributed by atoms with Gasteiger partial charge in [0.2, 0.25) is 0 Å². The molecule has 0 aromatic carbocycles. The molecule has 0 unspecified atom stereocenters. The van der Waals surface area contributed by atoms with Crippen molar-refractivity contribution in [2.45, 2.75) is 39.5 Å². The van der Waals surface area contributed by atoms with E-state index in [-0.39, 0.29) is 52.8 Å². The molecule has 0 atom stereocenters. The van der Waals surface area contributed by atoms with Gasteiger partial charge in [0.25, 0.3) is 0 Å².